The van der Waals surface area contributed by atoms with E-state index in [1.165, 1.54) is 0 Å². The Hall–Kier alpha value is -2.03. The normalized spacial score (nSPS) is 25.8. The molecule has 2 aliphatic heterocycles. The van der Waals surface area contributed by atoms with Gasteiger partial charge in [-0.3, -0.25) is 4.18 Å². The molecule has 32 heavy (non-hydrogen) atoms. The van der Waals surface area contributed by atoms with Gasteiger partial charge in [0, 0.05) is 18.3 Å². The second-order valence-electron chi connectivity index (χ2n) is 8.51. The van der Waals surface area contributed by atoms with Gasteiger partial charge in [-0.1, -0.05) is 54.1 Å². The van der Waals surface area contributed by atoms with Crippen molar-refractivity contribution >= 4 is 10.1 Å². The van der Waals surface area contributed by atoms with Crippen LogP contribution in [0.5, 0.6) is 0 Å². The number of rotatable bonds is 8. The van der Waals surface area contributed by atoms with Crippen molar-refractivity contribution < 1.29 is 26.8 Å². The Morgan fingerprint density at radius 3 is 2.41 bits per heavy atom. The Morgan fingerprint density at radius 1 is 1.00 bits per heavy atom. The number of hydrogen-bond donors (Lipinski definition) is 0. The minimum absolute atomic E-state index is 0.00442. The molecule has 0 unspecified atom stereocenters. The SMILES string of the molecule is Cc1ccc(S(=O)(=O)OC[C@@H]2CC[C@@]3(C=C[C@@H](COCc4ccccc4)CO3)OC2)cc1. The highest BCUT2D eigenvalue weighted by molar-refractivity contribution is 7.86. The summed E-state index contributed by atoms with van der Waals surface area (Å²) in [5, 5.41) is 0. The molecule has 1 fully saturated rings. The largest absolute Gasteiger partial charge is 0.376 e. The second kappa shape index (κ2) is 10.3. The summed E-state index contributed by atoms with van der Waals surface area (Å²) < 4.78 is 47.9. The molecule has 0 bridgehead atoms. The molecule has 7 heteroatoms. The number of benzene rings is 2. The smallest absolute Gasteiger partial charge is 0.296 e. The van der Waals surface area contributed by atoms with Crippen molar-refractivity contribution in [3.05, 3.63) is 77.9 Å². The Bertz CT molecular complexity index is 992. The van der Waals surface area contributed by atoms with E-state index in [9.17, 15) is 8.42 Å². The lowest BCUT2D eigenvalue weighted by atomic mass is 9.94. The van der Waals surface area contributed by atoms with Crippen LogP contribution in [-0.4, -0.2) is 40.6 Å². The van der Waals surface area contributed by atoms with Crippen LogP contribution >= 0.6 is 0 Å². The summed E-state index contributed by atoms with van der Waals surface area (Å²) in [6.07, 6.45) is 5.52. The van der Waals surface area contributed by atoms with Gasteiger partial charge in [-0.2, -0.15) is 8.42 Å². The number of aryl methyl sites for hydroxylation is 1. The Morgan fingerprint density at radius 2 is 1.75 bits per heavy atom. The lowest BCUT2D eigenvalue weighted by Crippen LogP contribution is -2.44. The number of hydrogen-bond acceptors (Lipinski definition) is 6. The molecule has 0 saturated carbocycles. The first-order chi connectivity index (χ1) is 15.4. The van der Waals surface area contributed by atoms with Gasteiger partial charge in [0.05, 0.1) is 37.9 Å². The highest BCUT2D eigenvalue weighted by Gasteiger charge is 2.38. The first-order valence-corrected chi connectivity index (χ1v) is 12.4. The van der Waals surface area contributed by atoms with E-state index < -0.39 is 15.9 Å². The Balaban J connectivity index is 1.20. The third kappa shape index (κ3) is 6.05. The predicted molar refractivity (Wildman–Crippen MR) is 120 cm³/mol. The van der Waals surface area contributed by atoms with Crippen LogP contribution in [0.1, 0.15) is 24.0 Å². The van der Waals surface area contributed by atoms with Crippen LogP contribution in [0.3, 0.4) is 0 Å². The summed E-state index contributed by atoms with van der Waals surface area (Å²) >= 11 is 0. The fourth-order valence-corrected chi connectivity index (χ4v) is 4.77. The lowest BCUT2D eigenvalue weighted by Gasteiger charge is -2.40. The molecule has 6 nitrogen and oxygen atoms in total. The molecule has 172 valence electrons. The third-order valence-corrected chi connectivity index (χ3v) is 7.14. The van der Waals surface area contributed by atoms with Gasteiger partial charge in [0.25, 0.3) is 10.1 Å². The summed E-state index contributed by atoms with van der Waals surface area (Å²) in [6, 6.07) is 16.7. The quantitative estimate of drug-likeness (QED) is 0.435. The lowest BCUT2D eigenvalue weighted by molar-refractivity contribution is -0.245. The molecule has 2 aromatic rings. The predicted octanol–water partition coefficient (Wildman–Crippen LogP) is 4.24. The highest BCUT2D eigenvalue weighted by atomic mass is 32.2. The van der Waals surface area contributed by atoms with Crippen molar-refractivity contribution in [2.75, 3.05) is 26.4 Å². The minimum Gasteiger partial charge on any atom is -0.376 e. The first kappa shape index (κ1) is 23.1. The standard InChI is InChI=1S/C25H30O6S/c1-20-7-9-24(10-8-20)32(26,27)31-19-23-12-14-25(30-18-23)13-11-22(17-29-25)16-28-15-21-5-3-2-4-6-21/h2-11,13,22-23H,12,14-19H2,1H3/t22-,23+,25+/m0/s1. The average Bonchev–Trinajstić information content (AvgIpc) is 2.81. The Labute approximate surface area is 190 Å². The summed E-state index contributed by atoms with van der Waals surface area (Å²) in [5.74, 6) is -0.527. The van der Waals surface area contributed by atoms with Crippen molar-refractivity contribution in [1.29, 1.82) is 0 Å². The molecular formula is C25H30O6S. The molecule has 2 aromatic carbocycles. The van der Waals surface area contributed by atoms with Crippen LogP contribution < -0.4 is 0 Å². The molecule has 4 rings (SSSR count). The van der Waals surface area contributed by atoms with E-state index in [0.717, 1.165) is 17.5 Å². The summed E-state index contributed by atoms with van der Waals surface area (Å²) in [4.78, 5) is 0.176. The maximum atomic E-state index is 12.4. The van der Waals surface area contributed by atoms with Gasteiger partial charge in [-0.15, -0.1) is 0 Å². The fourth-order valence-electron chi connectivity index (χ4n) is 3.80. The van der Waals surface area contributed by atoms with E-state index in [-0.39, 0.29) is 23.3 Å². The van der Waals surface area contributed by atoms with E-state index in [1.807, 2.05) is 43.3 Å². The molecule has 2 aliphatic rings. The number of ether oxygens (including phenoxy) is 3. The van der Waals surface area contributed by atoms with Gasteiger partial charge in [-0.05, 0) is 37.1 Å². The van der Waals surface area contributed by atoms with E-state index in [2.05, 4.69) is 6.08 Å². The van der Waals surface area contributed by atoms with Crippen molar-refractivity contribution in [2.45, 2.75) is 37.1 Å². The highest BCUT2D eigenvalue weighted by Crippen LogP contribution is 2.34. The van der Waals surface area contributed by atoms with Gasteiger partial charge in [0.1, 0.15) is 0 Å². The van der Waals surface area contributed by atoms with E-state index in [4.69, 9.17) is 18.4 Å². The summed E-state index contributed by atoms with van der Waals surface area (Å²) in [6.45, 7) is 4.12. The molecule has 0 aromatic heterocycles. The fraction of sp³-hybridized carbons (Fsp3) is 0.440. The molecule has 3 atom stereocenters. The van der Waals surface area contributed by atoms with Crippen LogP contribution in [0.2, 0.25) is 0 Å². The molecule has 2 heterocycles. The molecule has 0 aliphatic carbocycles. The Kier molecular flexibility index (Phi) is 7.43. The van der Waals surface area contributed by atoms with Gasteiger partial charge in [-0.25, -0.2) is 0 Å². The molecule has 0 radical (unpaired) electrons. The molecule has 1 saturated heterocycles. The van der Waals surface area contributed by atoms with Crippen LogP contribution in [0.25, 0.3) is 0 Å². The maximum Gasteiger partial charge on any atom is 0.296 e. The van der Waals surface area contributed by atoms with Gasteiger partial charge in [0.15, 0.2) is 5.79 Å². The van der Waals surface area contributed by atoms with Crippen molar-refractivity contribution in [3.8, 4) is 0 Å². The van der Waals surface area contributed by atoms with Crippen LogP contribution in [0.4, 0.5) is 0 Å². The topological polar surface area (TPSA) is 71.1 Å². The first-order valence-electron chi connectivity index (χ1n) is 11.0. The summed E-state index contributed by atoms with van der Waals surface area (Å²) in [5.41, 5.74) is 2.15. The monoisotopic (exact) mass is 458 g/mol. The van der Waals surface area contributed by atoms with Crippen LogP contribution in [0.15, 0.2) is 71.6 Å². The van der Waals surface area contributed by atoms with Crippen molar-refractivity contribution in [2.24, 2.45) is 11.8 Å². The summed E-state index contributed by atoms with van der Waals surface area (Å²) in [7, 11) is -3.76. The third-order valence-electron chi connectivity index (χ3n) is 5.84. The molecular weight excluding hydrogens is 428 g/mol. The van der Waals surface area contributed by atoms with Gasteiger partial charge < -0.3 is 14.2 Å². The zero-order valence-electron chi connectivity index (χ0n) is 18.3. The van der Waals surface area contributed by atoms with Crippen molar-refractivity contribution in [1.82, 2.24) is 0 Å². The molecule has 0 N–H and O–H groups in total. The molecule has 0 amide bonds. The van der Waals surface area contributed by atoms with Gasteiger partial charge in [0.2, 0.25) is 0 Å². The van der Waals surface area contributed by atoms with Gasteiger partial charge >= 0.3 is 0 Å². The maximum absolute atomic E-state index is 12.4. The van der Waals surface area contributed by atoms with E-state index in [0.29, 0.717) is 32.8 Å². The van der Waals surface area contributed by atoms with Crippen LogP contribution in [-0.2, 0) is 35.1 Å². The molecule has 1 spiro atoms. The van der Waals surface area contributed by atoms with E-state index in [1.54, 1.807) is 24.3 Å². The zero-order chi connectivity index (χ0) is 22.4. The van der Waals surface area contributed by atoms with E-state index >= 15 is 0 Å². The zero-order valence-corrected chi connectivity index (χ0v) is 19.1. The second-order valence-corrected chi connectivity index (χ2v) is 10.1. The average molecular weight is 459 g/mol. The minimum atomic E-state index is -3.76. The van der Waals surface area contributed by atoms with Crippen LogP contribution in [0, 0.1) is 18.8 Å². The van der Waals surface area contributed by atoms with Crippen molar-refractivity contribution in [3.63, 3.8) is 0 Å².